The van der Waals surface area contributed by atoms with Gasteiger partial charge in [0.05, 0.1) is 0 Å². The van der Waals surface area contributed by atoms with Gasteiger partial charge < -0.3 is 5.32 Å². The van der Waals surface area contributed by atoms with Crippen LogP contribution in [0.2, 0.25) is 0 Å². The molecule has 0 unspecified atom stereocenters. The summed E-state index contributed by atoms with van der Waals surface area (Å²) in [6.45, 7) is 4.13. The SMILES string of the molecule is CCCNCc1nnc(C2CCCC2)s1. The van der Waals surface area contributed by atoms with Gasteiger partial charge in [-0.05, 0) is 25.8 Å². The largest absolute Gasteiger partial charge is 0.310 e. The number of aromatic nitrogens is 2. The highest BCUT2D eigenvalue weighted by Gasteiger charge is 2.20. The first kappa shape index (κ1) is 11.0. The van der Waals surface area contributed by atoms with Crippen molar-refractivity contribution < 1.29 is 0 Å². The van der Waals surface area contributed by atoms with Gasteiger partial charge in [0.2, 0.25) is 0 Å². The van der Waals surface area contributed by atoms with Crippen LogP contribution in [-0.2, 0) is 6.54 Å². The Bertz CT molecular complexity index is 292. The van der Waals surface area contributed by atoms with Crippen LogP contribution in [0.25, 0.3) is 0 Å². The van der Waals surface area contributed by atoms with Crippen molar-refractivity contribution in [3.05, 3.63) is 10.0 Å². The fourth-order valence-electron chi connectivity index (χ4n) is 2.05. The molecule has 1 aromatic rings. The highest BCUT2D eigenvalue weighted by molar-refractivity contribution is 7.11. The van der Waals surface area contributed by atoms with Crippen molar-refractivity contribution in [1.29, 1.82) is 0 Å². The molecule has 3 nitrogen and oxygen atoms in total. The van der Waals surface area contributed by atoms with E-state index in [0.717, 1.165) is 18.1 Å². The number of rotatable bonds is 5. The molecule has 1 aliphatic rings. The molecule has 0 amide bonds. The van der Waals surface area contributed by atoms with E-state index in [1.165, 1.54) is 37.1 Å². The normalized spacial score (nSPS) is 17.4. The number of hydrogen-bond donors (Lipinski definition) is 1. The van der Waals surface area contributed by atoms with Crippen molar-refractivity contribution in [3.8, 4) is 0 Å². The van der Waals surface area contributed by atoms with E-state index in [-0.39, 0.29) is 0 Å². The fourth-order valence-corrected chi connectivity index (χ4v) is 3.03. The molecule has 0 bridgehead atoms. The van der Waals surface area contributed by atoms with Crippen LogP contribution < -0.4 is 5.32 Å². The summed E-state index contributed by atoms with van der Waals surface area (Å²) in [5.74, 6) is 0.711. The highest BCUT2D eigenvalue weighted by atomic mass is 32.1. The van der Waals surface area contributed by atoms with Crippen LogP contribution in [0, 0.1) is 0 Å². The average molecular weight is 225 g/mol. The predicted octanol–water partition coefficient (Wildman–Crippen LogP) is 2.70. The molecule has 0 aliphatic heterocycles. The predicted molar refractivity (Wildman–Crippen MR) is 63.1 cm³/mol. The summed E-state index contributed by atoms with van der Waals surface area (Å²) in [4.78, 5) is 0. The van der Waals surface area contributed by atoms with E-state index in [1.54, 1.807) is 11.3 Å². The summed E-state index contributed by atoms with van der Waals surface area (Å²) in [5, 5.41) is 14.3. The molecule has 15 heavy (non-hydrogen) atoms. The van der Waals surface area contributed by atoms with E-state index in [9.17, 15) is 0 Å². The zero-order valence-electron chi connectivity index (χ0n) is 9.33. The second-order valence-electron chi connectivity index (χ2n) is 4.19. The summed E-state index contributed by atoms with van der Waals surface area (Å²) in [7, 11) is 0. The minimum Gasteiger partial charge on any atom is -0.310 e. The molecule has 0 atom stereocenters. The summed E-state index contributed by atoms with van der Waals surface area (Å²) in [5.41, 5.74) is 0. The third-order valence-electron chi connectivity index (χ3n) is 2.89. The molecule has 1 heterocycles. The first-order valence-corrected chi connectivity index (χ1v) is 6.74. The van der Waals surface area contributed by atoms with E-state index in [0.29, 0.717) is 5.92 Å². The van der Waals surface area contributed by atoms with Gasteiger partial charge in [0.15, 0.2) is 0 Å². The number of nitrogens with zero attached hydrogens (tertiary/aromatic N) is 2. The summed E-state index contributed by atoms with van der Waals surface area (Å²) >= 11 is 1.80. The molecular weight excluding hydrogens is 206 g/mol. The molecule has 0 saturated heterocycles. The summed E-state index contributed by atoms with van der Waals surface area (Å²) < 4.78 is 0. The molecule has 0 spiro atoms. The van der Waals surface area contributed by atoms with E-state index >= 15 is 0 Å². The van der Waals surface area contributed by atoms with Crippen LogP contribution >= 0.6 is 11.3 Å². The molecule has 1 N–H and O–H groups in total. The maximum atomic E-state index is 4.31. The summed E-state index contributed by atoms with van der Waals surface area (Å²) in [6.07, 6.45) is 6.55. The zero-order chi connectivity index (χ0) is 10.5. The quantitative estimate of drug-likeness (QED) is 0.783. The lowest BCUT2D eigenvalue weighted by Crippen LogP contribution is -2.13. The fraction of sp³-hybridized carbons (Fsp3) is 0.818. The minimum atomic E-state index is 0.711. The summed E-state index contributed by atoms with van der Waals surface area (Å²) in [6, 6.07) is 0. The Morgan fingerprint density at radius 1 is 1.33 bits per heavy atom. The molecule has 2 rings (SSSR count). The lowest BCUT2D eigenvalue weighted by molar-refractivity contribution is 0.664. The van der Waals surface area contributed by atoms with Crippen molar-refractivity contribution in [2.75, 3.05) is 6.54 Å². The molecule has 0 aromatic carbocycles. The third-order valence-corrected chi connectivity index (χ3v) is 3.98. The Kier molecular flexibility index (Phi) is 4.09. The smallest absolute Gasteiger partial charge is 0.131 e. The minimum absolute atomic E-state index is 0.711. The van der Waals surface area contributed by atoms with Crippen molar-refractivity contribution in [2.24, 2.45) is 0 Å². The second-order valence-corrected chi connectivity index (χ2v) is 5.29. The Morgan fingerprint density at radius 3 is 2.87 bits per heavy atom. The van der Waals surface area contributed by atoms with Gasteiger partial charge in [0.1, 0.15) is 10.0 Å². The molecule has 1 fully saturated rings. The van der Waals surface area contributed by atoms with Gasteiger partial charge in [0, 0.05) is 12.5 Å². The van der Waals surface area contributed by atoms with E-state index in [1.807, 2.05) is 0 Å². The Hall–Kier alpha value is -0.480. The Balaban J connectivity index is 1.86. The van der Waals surface area contributed by atoms with Crippen LogP contribution in [0.3, 0.4) is 0 Å². The van der Waals surface area contributed by atoms with E-state index in [4.69, 9.17) is 0 Å². The first-order chi connectivity index (χ1) is 7.40. The van der Waals surface area contributed by atoms with Gasteiger partial charge in [0.25, 0.3) is 0 Å². The molecule has 1 aromatic heterocycles. The zero-order valence-corrected chi connectivity index (χ0v) is 10.1. The van der Waals surface area contributed by atoms with Gasteiger partial charge in [-0.2, -0.15) is 0 Å². The van der Waals surface area contributed by atoms with E-state index in [2.05, 4.69) is 22.4 Å². The highest BCUT2D eigenvalue weighted by Crippen LogP contribution is 2.35. The second kappa shape index (κ2) is 5.56. The standard InChI is InChI=1S/C11H19N3S/c1-2-7-12-8-10-13-14-11(15-10)9-5-3-4-6-9/h9,12H,2-8H2,1H3. The number of hydrogen-bond acceptors (Lipinski definition) is 4. The van der Waals surface area contributed by atoms with Crippen LogP contribution in [0.15, 0.2) is 0 Å². The molecular formula is C11H19N3S. The van der Waals surface area contributed by atoms with Gasteiger partial charge in [-0.15, -0.1) is 10.2 Å². The lowest BCUT2D eigenvalue weighted by atomic mass is 10.1. The molecule has 1 aliphatic carbocycles. The molecule has 0 radical (unpaired) electrons. The first-order valence-electron chi connectivity index (χ1n) is 5.93. The van der Waals surface area contributed by atoms with Crippen molar-refractivity contribution in [3.63, 3.8) is 0 Å². The van der Waals surface area contributed by atoms with Gasteiger partial charge in [-0.1, -0.05) is 31.1 Å². The maximum Gasteiger partial charge on any atom is 0.131 e. The van der Waals surface area contributed by atoms with Crippen LogP contribution in [0.5, 0.6) is 0 Å². The lowest BCUT2D eigenvalue weighted by Gasteiger charge is -2.01. The molecule has 84 valence electrons. The maximum absolute atomic E-state index is 4.31. The Labute approximate surface area is 95.3 Å². The Morgan fingerprint density at radius 2 is 2.13 bits per heavy atom. The molecule has 1 saturated carbocycles. The van der Waals surface area contributed by atoms with Crippen LogP contribution in [0.1, 0.15) is 55.0 Å². The third kappa shape index (κ3) is 2.98. The van der Waals surface area contributed by atoms with Gasteiger partial charge in [-0.3, -0.25) is 0 Å². The number of nitrogens with one attached hydrogen (secondary N) is 1. The van der Waals surface area contributed by atoms with E-state index < -0.39 is 0 Å². The van der Waals surface area contributed by atoms with Gasteiger partial charge >= 0.3 is 0 Å². The van der Waals surface area contributed by atoms with Crippen LogP contribution in [-0.4, -0.2) is 16.7 Å². The van der Waals surface area contributed by atoms with Crippen molar-refractivity contribution >= 4 is 11.3 Å². The van der Waals surface area contributed by atoms with Crippen molar-refractivity contribution in [2.45, 2.75) is 51.5 Å². The van der Waals surface area contributed by atoms with Gasteiger partial charge in [-0.25, -0.2) is 0 Å². The monoisotopic (exact) mass is 225 g/mol. The van der Waals surface area contributed by atoms with Crippen molar-refractivity contribution in [1.82, 2.24) is 15.5 Å². The van der Waals surface area contributed by atoms with Crippen LogP contribution in [0.4, 0.5) is 0 Å². The molecule has 4 heteroatoms. The average Bonchev–Trinajstić information content (AvgIpc) is 2.87. The topological polar surface area (TPSA) is 37.8 Å².